The van der Waals surface area contributed by atoms with E-state index in [4.69, 9.17) is 21.1 Å². The Labute approximate surface area is 150 Å². The third-order valence-corrected chi connectivity index (χ3v) is 4.42. The van der Waals surface area contributed by atoms with Gasteiger partial charge in [-0.25, -0.2) is 0 Å². The van der Waals surface area contributed by atoms with Gasteiger partial charge < -0.3 is 9.47 Å². The fourth-order valence-corrected chi connectivity index (χ4v) is 3.53. The van der Waals surface area contributed by atoms with Gasteiger partial charge in [0.1, 0.15) is 0 Å². The van der Waals surface area contributed by atoms with E-state index in [2.05, 4.69) is 0 Å². The van der Waals surface area contributed by atoms with Gasteiger partial charge in [-0.3, -0.25) is 14.5 Å². The van der Waals surface area contributed by atoms with Crippen LogP contribution in [0.1, 0.15) is 33.3 Å². The first kappa shape index (κ1) is 18.7. The first-order chi connectivity index (χ1) is 11.4. The Bertz CT molecular complexity index is 687. The zero-order valence-corrected chi connectivity index (χ0v) is 15.7. The van der Waals surface area contributed by atoms with Crippen LogP contribution in [0.5, 0.6) is 11.5 Å². The van der Waals surface area contributed by atoms with Crippen molar-refractivity contribution in [3.8, 4) is 11.5 Å². The zero-order valence-electron chi connectivity index (χ0n) is 14.1. The highest BCUT2D eigenvalue weighted by Crippen LogP contribution is 2.39. The van der Waals surface area contributed by atoms with Crippen LogP contribution in [0.15, 0.2) is 17.0 Å². The quantitative estimate of drug-likeness (QED) is 0.687. The molecule has 1 fully saturated rings. The number of imide groups is 1. The van der Waals surface area contributed by atoms with E-state index in [1.165, 1.54) is 4.90 Å². The summed E-state index contributed by atoms with van der Waals surface area (Å²) in [4.78, 5) is 25.9. The van der Waals surface area contributed by atoms with Crippen molar-refractivity contribution in [3.05, 3.63) is 27.6 Å². The van der Waals surface area contributed by atoms with Gasteiger partial charge in [0.25, 0.3) is 11.1 Å². The Hall–Kier alpha value is -1.66. The molecule has 0 radical (unpaired) electrons. The van der Waals surface area contributed by atoms with Gasteiger partial charge in [-0.15, -0.1) is 0 Å². The summed E-state index contributed by atoms with van der Waals surface area (Å²) >= 11 is 7.20. The van der Waals surface area contributed by atoms with Crippen LogP contribution in [0.2, 0.25) is 5.02 Å². The SMILES string of the molecule is CCOc1cc(/C=C2/SC(=O)N(C(C)C)C2=O)cc(Cl)c1OCC. The Kier molecular flexibility index (Phi) is 6.18. The van der Waals surface area contributed by atoms with Crippen LogP contribution in [0.25, 0.3) is 6.08 Å². The number of carbonyl (C=O) groups excluding carboxylic acids is 2. The van der Waals surface area contributed by atoms with E-state index in [9.17, 15) is 9.59 Å². The third kappa shape index (κ3) is 3.87. The summed E-state index contributed by atoms with van der Waals surface area (Å²) in [5.41, 5.74) is 0.682. The van der Waals surface area contributed by atoms with Crippen LogP contribution >= 0.6 is 23.4 Å². The lowest BCUT2D eigenvalue weighted by Gasteiger charge is -2.16. The maximum absolute atomic E-state index is 12.4. The fourth-order valence-electron chi connectivity index (χ4n) is 2.30. The second kappa shape index (κ2) is 7.94. The van der Waals surface area contributed by atoms with E-state index in [1.54, 1.807) is 32.1 Å². The van der Waals surface area contributed by atoms with E-state index >= 15 is 0 Å². The number of halogens is 1. The number of thioether (sulfide) groups is 1. The van der Waals surface area contributed by atoms with Crippen molar-refractivity contribution in [3.63, 3.8) is 0 Å². The van der Waals surface area contributed by atoms with Gasteiger partial charge in [-0.2, -0.15) is 0 Å². The number of rotatable bonds is 6. The standard InChI is InChI=1S/C17H20ClNO4S/c1-5-22-13-8-11(7-12(18)15(13)23-6-2)9-14-16(20)19(10(3)4)17(21)24-14/h7-10H,5-6H2,1-4H3/b14-9+. The van der Waals surface area contributed by atoms with Gasteiger partial charge in [0, 0.05) is 6.04 Å². The molecule has 24 heavy (non-hydrogen) atoms. The number of hydrogen-bond donors (Lipinski definition) is 0. The molecule has 1 heterocycles. The van der Waals surface area contributed by atoms with E-state index in [-0.39, 0.29) is 17.2 Å². The highest BCUT2D eigenvalue weighted by Gasteiger charge is 2.36. The highest BCUT2D eigenvalue weighted by atomic mass is 35.5. The number of hydrogen-bond acceptors (Lipinski definition) is 5. The van der Waals surface area contributed by atoms with Crippen molar-refractivity contribution < 1.29 is 19.1 Å². The Morgan fingerprint density at radius 1 is 1.21 bits per heavy atom. The van der Waals surface area contributed by atoms with Crippen LogP contribution in [0.4, 0.5) is 4.79 Å². The summed E-state index contributed by atoms with van der Waals surface area (Å²) in [6, 6.07) is 3.27. The Morgan fingerprint density at radius 3 is 2.42 bits per heavy atom. The molecule has 1 aliphatic heterocycles. The second-order valence-electron chi connectivity index (χ2n) is 5.34. The molecule has 1 aromatic carbocycles. The number of benzene rings is 1. The Morgan fingerprint density at radius 2 is 1.88 bits per heavy atom. The maximum Gasteiger partial charge on any atom is 0.293 e. The minimum atomic E-state index is -0.289. The molecule has 0 unspecified atom stereocenters. The third-order valence-electron chi connectivity index (χ3n) is 3.26. The molecule has 7 heteroatoms. The number of ether oxygens (including phenoxy) is 2. The van der Waals surface area contributed by atoms with Gasteiger partial charge in [0.15, 0.2) is 11.5 Å². The number of nitrogens with zero attached hydrogens (tertiary/aromatic N) is 1. The molecule has 0 aromatic heterocycles. The van der Waals surface area contributed by atoms with Gasteiger partial charge in [-0.05, 0) is 63.2 Å². The van der Waals surface area contributed by atoms with E-state index in [0.717, 1.165) is 11.8 Å². The smallest absolute Gasteiger partial charge is 0.293 e. The van der Waals surface area contributed by atoms with Gasteiger partial charge in [0.05, 0.1) is 23.1 Å². The molecule has 0 saturated carbocycles. The predicted molar refractivity (Wildman–Crippen MR) is 96.7 cm³/mol. The lowest BCUT2D eigenvalue weighted by Crippen LogP contribution is -2.34. The van der Waals surface area contributed by atoms with Gasteiger partial charge in [0.2, 0.25) is 0 Å². The van der Waals surface area contributed by atoms with E-state index in [1.807, 2.05) is 13.8 Å². The van der Waals surface area contributed by atoms with Crippen LogP contribution in [-0.2, 0) is 4.79 Å². The van der Waals surface area contributed by atoms with Crippen molar-refractivity contribution >= 4 is 40.6 Å². The molecule has 2 amide bonds. The van der Waals surface area contributed by atoms with E-state index < -0.39 is 0 Å². The monoisotopic (exact) mass is 369 g/mol. The molecule has 5 nitrogen and oxygen atoms in total. The summed E-state index contributed by atoms with van der Waals surface area (Å²) in [5.74, 6) is 0.706. The minimum Gasteiger partial charge on any atom is -0.490 e. The fraction of sp³-hybridized carbons (Fsp3) is 0.412. The predicted octanol–water partition coefficient (Wildman–Crippen LogP) is 4.58. The average molecular weight is 370 g/mol. The molecule has 1 aliphatic rings. The molecule has 0 aliphatic carbocycles. The minimum absolute atomic E-state index is 0.175. The van der Waals surface area contributed by atoms with Crippen LogP contribution in [0.3, 0.4) is 0 Å². The average Bonchev–Trinajstić information content (AvgIpc) is 2.77. The molecule has 0 bridgehead atoms. The molecule has 0 atom stereocenters. The van der Waals surface area contributed by atoms with Crippen LogP contribution < -0.4 is 9.47 Å². The molecule has 0 N–H and O–H groups in total. The molecular formula is C17H20ClNO4S. The first-order valence-electron chi connectivity index (χ1n) is 7.75. The molecular weight excluding hydrogens is 350 g/mol. The van der Waals surface area contributed by atoms with Crippen LogP contribution in [-0.4, -0.2) is 35.3 Å². The largest absolute Gasteiger partial charge is 0.490 e. The van der Waals surface area contributed by atoms with Crippen molar-refractivity contribution in [2.24, 2.45) is 0 Å². The summed E-state index contributed by atoms with van der Waals surface area (Å²) in [5, 5.41) is 0.139. The molecule has 130 valence electrons. The lowest BCUT2D eigenvalue weighted by molar-refractivity contribution is -0.123. The highest BCUT2D eigenvalue weighted by molar-refractivity contribution is 8.18. The summed E-state index contributed by atoms with van der Waals surface area (Å²) in [6.07, 6.45) is 1.65. The second-order valence-corrected chi connectivity index (χ2v) is 6.74. The maximum atomic E-state index is 12.4. The van der Waals surface area contributed by atoms with Gasteiger partial charge >= 0.3 is 0 Å². The Balaban J connectivity index is 2.39. The molecule has 2 rings (SSSR count). The molecule has 1 aromatic rings. The van der Waals surface area contributed by atoms with Crippen molar-refractivity contribution in [2.75, 3.05) is 13.2 Å². The van der Waals surface area contributed by atoms with Crippen LogP contribution in [0, 0.1) is 0 Å². The van der Waals surface area contributed by atoms with Crippen molar-refractivity contribution in [1.29, 1.82) is 0 Å². The van der Waals surface area contributed by atoms with Gasteiger partial charge in [-0.1, -0.05) is 11.6 Å². The molecule has 1 saturated heterocycles. The van der Waals surface area contributed by atoms with E-state index in [0.29, 0.717) is 40.2 Å². The normalized spacial score (nSPS) is 16.4. The summed E-state index contributed by atoms with van der Waals surface area (Å²) < 4.78 is 11.1. The lowest BCUT2D eigenvalue weighted by atomic mass is 10.1. The molecule has 0 spiro atoms. The zero-order chi connectivity index (χ0) is 17.9. The van der Waals surface area contributed by atoms with Crippen molar-refractivity contribution in [2.45, 2.75) is 33.7 Å². The number of carbonyl (C=O) groups is 2. The summed E-state index contributed by atoms with van der Waals surface area (Å²) in [6.45, 7) is 8.27. The number of amides is 2. The summed E-state index contributed by atoms with van der Waals surface area (Å²) in [7, 11) is 0. The van der Waals surface area contributed by atoms with Crippen molar-refractivity contribution in [1.82, 2.24) is 4.90 Å². The first-order valence-corrected chi connectivity index (χ1v) is 8.94. The topological polar surface area (TPSA) is 55.8 Å².